The zero-order chi connectivity index (χ0) is 15.4. The van der Waals surface area contributed by atoms with E-state index >= 15 is 0 Å². The zero-order valence-electron chi connectivity index (χ0n) is 12.8. The van der Waals surface area contributed by atoms with E-state index in [9.17, 15) is 4.79 Å². The number of ether oxygens (including phenoxy) is 1. The molecule has 0 radical (unpaired) electrons. The predicted octanol–water partition coefficient (Wildman–Crippen LogP) is 2.37. The molecule has 1 aromatic carbocycles. The Labute approximate surface area is 130 Å². The Bertz CT molecular complexity index is 612. The molecule has 0 aliphatic carbocycles. The summed E-state index contributed by atoms with van der Waals surface area (Å²) in [6, 6.07) is 11.4. The van der Waals surface area contributed by atoms with Crippen LogP contribution in [-0.2, 0) is 10.2 Å². The number of carbonyl (C=O) groups excluding carboxylic acids is 1. The lowest BCUT2D eigenvalue weighted by Gasteiger charge is -2.39. The van der Waals surface area contributed by atoms with Gasteiger partial charge >= 0.3 is 0 Å². The molecule has 2 aromatic rings. The summed E-state index contributed by atoms with van der Waals surface area (Å²) < 4.78 is 5.57. The third kappa shape index (κ3) is 3.13. The van der Waals surface area contributed by atoms with Gasteiger partial charge in [-0.3, -0.25) is 9.89 Å². The molecule has 1 aromatic heterocycles. The maximum atomic E-state index is 12.4. The molecule has 5 nitrogen and oxygen atoms in total. The Kier molecular flexibility index (Phi) is 4.13. The Morgan fingerprint density at radius 2 is 2.18 bits per heavy atom. The number of hydrogen-bond donors (Lipinski definition) is 1. The number of aromatic amines is 1. The maximum absolute atomic E-state index is 12.4. The van der Waals surface area contributed by atoms with Crippen LogP contribution in [0.4, 0.5) is 0 Å². The Hall–Kier alpha value is -2.30. The van der Waals surface area contributed by atoms with E-state index in [0.717, 1.165) is 30.8 Å². The molecule has 5 heteroatoms. The topological polar surface area (TPSA) is 58.2 Å². The largest absolute Gasteiger partial charge is 0.484 e. The Balaban J connectivity index is 1.61. The first kappa shape index (κ1) is 14.6. The number of carbonyl (C=O) groups is 1. The molecule has 0 spiro atoms. The summed E-state index contributed by atoms with van der Waals surface area (Å²) in [6.45, 7) is 3.76. The molecule has 22 heavy (non-hydrogen) atoms. The summed E-state index contributed by atoms with van der Waals surface area (Å²) in [7, 11) is 0. The second-order valence-corrected chi connectivity index (χ2v) is 6.05. The lowest BCUT2D eigenvalue weighted by atomic mass is 9.79. The van der Waals surface area contributed by atoms with Crippen molar-refractivity contribution in [2.24, 2.45) is 0 Å². The van der Waals surface area contributed by atoms with Crippen LogP contribution in [0, 0.1) is 0 Å². The lowest BCUT2D eigenvalue weighted by Crippen LogP contribution is -2.48. The molecule has 1 unspecified atom stereocenters. The molecule has 3 rings (SSSR count). The first-order valence-corrected chi connectivity index (χ1v) is 7.63. The van der Waals surface area contributed by atoms with Gasteiger partial charge in [-0.1, -0.05) is 25.1 Å². The fraction of sp³-hybridized carbons (Fsp3) is 0.412. The Morgan fingerprint density at radius 1 is 1.36 bits per heavy atom. The number of likely N-dealkylation sites (tertiary alicyclic amines) is 1. The molecule has 1 amide bonds. The van der Waals surface area contributed by atoms with Gasteiger partial charge in [0.05, 0.1) is 0 Å². The van der Waals surface area contributed by atoms with E-state index < -0.39 is 0 Å². The fourth-order valence-electron chi connectivity index (χ4n) is 3.02. The molecule has 1 fully saturated rings. The van der Waals surface area contributed by atoms with Gasteiger partial charge in [-0.15, -0.1) is 0 Å². The minimum Gasteiger partial charge on any atom is -0.484 e. The van der Waals surface area contributed by atoms with Crippen LogP contribution in [0.1, 0.15) is 25.5 Å². The van der Waals surface area contributed by atoms with Crippen LogP contribution < -0.4 is 4.74 Å². The number of para-hydroxylation sites is 1. The summed E-state index contributed by atoms with van der Waals surface area (Å²) in [4.78, 5) is 14.3. The average Bonchev–Trinajstić information content (AvgIpc) is 3.09. The average molecular weight is 299 g/mol. The second-order valence-electron chi connectivity index (χ2n) is 6.05. The molecule has 1 saturated heterocycles. The summed E-state index contributed by atoms with van der Waals surface area (Å²) in [5.74, 6) is 0.762. The zero-order valence-corrected chi connectivity index (χ0v) is 12.8. The van der Waals surface area contributed by atoms with Crippen molar-refractivity contribution in [3.63, 3.8) is 0 Å². The molecule has 116 valence electrons. The van der Waals surface area contributed by atoms with E-state index in [1.165, 1.54) is 0 Å². The van der Waals surface area contributed by atoms with Gasteiger partial charge in [0, 0.05) is 30.4 Å². The number of nitrogens with zero attached hydrogens (tertiary/aromatic N) is 2. The van der Waals surface area contributed by atoms with Crippen LogP contribution >= 0.6 is 0 Å². The SMILES string of the molecule is CC1(c2ccn[nH]2)CCCN(C(=O)COc2ccccc2)C1. The van der Waals surface area contributed by atoms with Crippen LogP contribution in [-0.4, -0.2) is 40.7 Å². The first-order chi connectivity index (χ1) is 10.7. The quantitative estimate of drug-likeness (QED) is 0.943. The summed E-state index contributed by atoms with van der Waals surface area (Å²) >= 11 is 0. The standard InChI is InChI=1S/C17H21N3O2/c1-17(15-8-10-18-19-15)9-5-11-20(13-17)16(21)12-22-14-6-3-2-4-7-14/h2-4,6-8,10H,5,9,11-13H2,1H3,(H,18,19). The van der Waals surface area contributed by atoms with Gasteiger partial charge < -0.3 is 9.64 Å². The number of hydrogen-bond acceptors (Lipinski definition) is 3. The molecule has 1 atom stereocenters. The molecule has 1 aliphatic heterocycles. The number of aromatic nitrogens is 2. The highest BCUT2D eigenvalue weighted by Gasteiger charge is 2.35. The second kappa shape index (κ2) is 6.22. The van der Waals surface area contributed by atoms with Crippen molar-refractivity contribution in [3.8, 4) is 5.75 Å². The molecule has 0 bridgehead atoms. The number of H-pyrrole nitrogens is 1. The van der Waals surface area contributed by atoms with Crippen molar-refractivity contribution in [1.29, 1.82) is 0 Å². The van der Waals surface area contributed by atoms with Gasteiger partial charge in [0.15, 0.2) is 6.61 Å². The van der Waals surface area contributed by atoms with Crippen molar-refractivity contribution in [1.82, 2.24) is 15.1 Å². The van der Waals surface area contributed by atoms with Crippen molar-refractivity contribution in [2.45, 2.75) is 25.2 Å². The van der Waals surface area contributed by atoms with Gasteiger partial charge in [0.2, 0.25) is 0 Å². The normalized spacial score (nSPS) is 21.6. The third-order valence-corrected chi connectivity index (χ3v) is 4.31. The third-order valence-electron chi connectivity index (χ3n) is 4.31. The van der Waals surface area contributed by atoms with Gasteiger partial charge in [-0.05, 0) is 31.0 Å². The van der Waals surface area contributed by atoms with Crippen molar-refractivity contribution in [3.05, 3.63) is 48.3 Å². The van der Waals surface area contributed by atoms with E-state index in [0.29, 0.717) is 6.54 Å². The highest BCUT2D eigenvalue weighted by atomic mass is 16.5. The molecule has 1 aliphatic rings. The monoisotopic (exact) mass is 299 g/mol. The highest BCUT2D eigenvalue weighted by Crippen LogP contribution is 2.32. The number of amides is 1. The highest BCUT2D eigenvalue weighted by molar-refractivity contribution is 5.78. The lowest BCUT2D eigenvalue weighted by molar-refractivity contribution is -0.135. The van der Waals surface area contributed by atoms with E-state index in [4.69, 9.17) is 4.74 Å². The van der Waals surface area contributed by atoms with Crippen molar-refractivity contribution < 1.29 is 9.53 Å². The van der Waals surface area contributed by atoms with E-state index in [2.05, 4.69) is 17.1 Å². The fourth-order valence-corrected chi connectivity index (χ4v) is 3.02. The molecule has 1 N–H and O–H groups in total. The van der Waals surface area contributed by atoms with Crippen molar-refractivity contribution in [2.75, 3.05) is 19.7 Å². The first-order valence-electron chi connectivity index (χ1n) is 7.63. The Morgan fingerprint density at radius 3 is 2.91 bits per heavy atom. The number of piperidine rings is 1. The molecular weight excluding hydrogens is 278 g/mol. The van der Waals surface area contributed by atoms with Crippen molar-refractivity contribution >= 4 is 5.91 Å². The maximum Gasteiger partial charge on any atom is 0.260 e. The van der Waals surface area contributed by atoms with Crippen LogP contribution in [0.25, 0.3) is 0 Å². The number of nitrogens with one attached hydrogen (secondary N) is 1. The van der Waals surface area contributed by atoms with E-state index in [1.54, 1.807) is 6.20 Å². The summed E-state index contributed by atoms with van der Waals surface area (Å²) in [6.07, 6.45) is 3.81. The van der Waals surface area contributed by atoms with Crippen LogP contribution in [0.3, 0.4) is 0 Å². The van der Waals surface area contributed by atoms with Crippen LogP contribution in [0.15, 0.2) is 42.6 Å². The van der Waals surface area contributed by atoms with Gasteiger partial charge in [0.1, 0.15) is 5.75 Å². The number of benzene rings is 1. The predicted molar refractivity (Wildman–Crippen MR) is 83.7 cm³/mol. The van der Waals surface area contributed by atoms with Gasteiger partial charge in [-0.25, -0.2) is 0 Å². The molecule has 0 saturated carbocycles. The smallest absolute Gasteiger partial charge is 0.260 e. The van der Waals surface area contributed by atoms with Gasteiger partial charge in [-0.2, -0.15) is 5.10 Å². The van der Waals surface area contributed by atoms with Crippen LogP contribution in [0.2, 0.25) is 0 Å². The van der Waals surface area contributed by atoms with Gasteiger partial charge in [0.25, 0.3) is 5.91 Å². The van der Waals surface area contributed by atoms with E-state index in [1.807, 2.05) is 41.3 Å². The summed E-state index contributed by atoms with van der Waals surface area (Å²) in [5.41, 5.74) is 1.03. The molecule has 2 heterocycles. The minimum atomic E-state index is -0.0584. The summed E-state index contributed by atoms with van der Waals surface area (Å²) in [5, 5.41) is 7.08. The van der Waals surface area contributed by atoms with E-state index in [-0.39, 0.29) is 17.9 Å². The van der Waals surface area contributed by atoms with Crippen LogP contribution in [0.5, 0.6) is 5.75 Å². The minimum absolute atomic E-state index is 0.0364. The number of rotatable bonds is 4. The molecular formula is C17H21N3O2.